The fourth-order valence-electron chi connectivity index (χ4n) is 4.77. The van der Waals surface area contributed by atoms with Gasteiger partial charge in [0.25, 0.3) is 5.56 Å². The van der Waals surface area contributed by atoms with Gasteiger partial charge in [0.2, 0.25) is 5.95 Å². The number of imidazole rings is 1. The summed E-state index contributed by atoms with van der Waals surface area (Å²) in [5.74, 6) is -0.124. The fraction of sp³-hybridized carbons (Fsp3) is 0.207. The van der Waals surface area contributed by atoms with Crippen molar-refractivity contribution >= 4 is 17.1 Å². The Morgan fingerprint density at radius 1 is 0.919 bits per heavy atom. The Balaban J connectivity index is 1.44. The number of hydrogen-bond acceptors (Lipinski definition) is 6. The van der Waals surface area contributed by atoms with E-state index in [1.54, 1.807) is 10.9 Å². The van der Waals surface area contributed by atoms with Gasteiger partial charge in [-0.3, -0.25) is 9.78 Å². The van der Waals surface area contributed by atoms with Crippen LogP contribution in [0.4, 0.5) is 5.95 Å². The van der Waals surface area contributed by atoms with Crippen LogP contribution in [0.15, 0.2) is 102 Å². The average Bonchev–Trinajstić information content (AvgIpc) is 3.34. The van der Waals surface area contributed by atoms with Crippen molar-refractivity contribution in [3.63, 3.8) is 0 Å². The summed E-state index contributed by atoms with van der Waals surface area (Å²) in [4.78, 5) is 23.0. The number of aromatic amines is 1. The maximum atomic E-state index is 12.1. The van der Waals surface area contributed by atoms with E-state index in [2.05, 4.69) is 51.4 Å². The number of hydrogen-bond donors (Lipinski definition) is 3. The number of aliphatic hydroxyl groups excluding tert-OH is 1. The van der Waals surface area contributed by atoms with Gasteiger partial charge in [-0.15, -0.1) is 0 Å². The van der Waals surface area contributed by atoms with Gasteiger partial charge < -0.3 is 20.1 Å². The first kappa shape index (κ1) is 24.4. The number of aromatic nitrogens is 4. The Morgan fingerprint density at radius 2 is 1.46 bits per heavy atom. The van der Waals surface area contributed by atoms with Gasteiger partial charge in [0, 0.05) is 25.7 Å². The molecule has 0 fully saturated rings. The third-order valence-corrected chi connectivity index (χ3v) is 6.59. The van der Waals surface area contributed by atoms with E-state index >= 15 is 0 Å². The summed E-state index contributed by atoms with van der Waals surface area (Å²) >= 11 is 0. The Morgan fingerprint density at radius 3 is 1.97 bits per heavy atom. The number of nitrogens with one attached hydrogen (secondary N) is 1. The van der Waals surface area contributed by atoms with Crippen LogP contribution in [0, 0.1) is 5.92 Å². The Kier molecular flexibility index (Phi) is 7.11. The van der Waals surface area contributed by atoms with Crippen LogP contribution in [-0.2, 0) is 16.9 Å². The van der Waals surface area contributed by atoms with E-state index < -0.39 is 5.60 Å². The predicted octanol–water partition coefficient (Wildman–Crippen LogP) is 3.71. The van der Waals surface area contributed by atoms with Crippen LogP contribution >= 0.6 is 0 Å². The molecule has 4 N–H and O–H groups in total. The minimum absolute atomic E-state index is 0.0292. The van der Waals surface area contributed by atoms with Crippen LogP contribution in [-0.4, -0.2) is 37.8 Å². The topological polar surface area (TPSA) is 119 Å². The molecule has 8 heteroatoms. The molecule has 0 spiro atoms. The van der Waals surface area contributed by atoms with E-state index in [0.717, 1.165) is 16.7 Å². The second kappa shape index (κ2) is 10.8. The molecule has 37 heavy (non-hydrogen) atoms. The summed E-state index contributed by atoms with van der Waals surface area (Å²) in [5.41, 5.74) is 8.20. The molecule has 5 aromatic rings. The molecular formula is C29H29N5O3. The number of H-pyrrole nitrogens is 1. The maximum absolute atomic E-state index is 12.1. The van der Waals surface area contributed by atoms with Crippen molar-refractivity contribution in [2.75, 3.05) is 18.9 Å². The van der Waals surface area contributed by atoms with Gasteiger partial charge in [0.1, 0.15) is 5.60 Å². The number of anilines is 1. The number of rotatable bonds is 10. The molecule has 0 bridgehead atoms. The maximum Gasteiger partial charge on any atom is 0.280 e. The van der Waals surface area contributed by atoms with Crippen molar-refractivity contribution in [3.05, 3.63) is 124 Å². The number of nitrogen functional groups attached to an aromatic ring is 1. The SMILES string of the molecule is Nc1nc2c(ncn2CC(CO)CCOC(c2ccccc2)(c2ccccc2)c2ccccc2)c(=O)[nH]1. The summed E-state index contributed by atoms with van der Waals surface area (Å²) < 4.78 is 8.59. The first-order chi connectivity index (χ1) is 18.1. The molecule has 188 valence electrons. The van der Waals surface area contributed by atoms with Crippen LogP contribution < -0.4 is 11.3 Å². The average molecular weight is 496 g/mol. The Hall–Kier alpha value is -4.27. The molecule has 2 heterocycles. The molecule has 5 rings (SSSR count). The largest absolute Gasteiger partial charge is 0.396 e. The van der Waals surface area contributed by atoms with Crippen LogP contribution in [0.1, 0.15) is 23.1 Å². The molecule has 0 aliphatic rings. The highest BCUT2D eigenvalue weighted by atomic mass is 16.5. The summed E-state index contributed by atoms with van der Waals surface area (Å²) in [6, 6.07) is 30.5. The van der Waals surface area contributed by atoms with E-state index in [4.69, 9.17) is 10.5 Å². The molecule has 2 aromatic heterocycles. The van der Waals surface area contributed by atoms with Crippen molar-refractivity contribution < 1.29 is 9.84 Å². The molecule has 8 nitrogen and oxygen atoms in total. The predicted molar refractivity (Wildman–Crippen MR) is 143 cm³/mol. The highest BCUT2D eigenvalue weighted by Crippen LogP contribution is 2.40. The van der Waals surface area contributed by atoms with Gasteiger partial charge >= 0.3 is 0 Å². The number of aliphatic hydroxyl groups is 1. The normalized spacial score (nSPS) is 12.6. The number of fused-ring (bicyclic) bond motifs is 1. The number of ether oxygens (including phenoxy) is 1. The highest BCUT2D eigenvalue weighted by Gasteiger charge is 2.37. The third kappa shape index (κ3) is 4.89. The lowest BCUT2D eigenvalue weighted by atomic mass is 9.80. The van der Waals surface area contributed by atoms with Crippen LogP contribution in [0.25, 0.3) is 11.2 Å². The van der Waals surface area contributed by atoms with Crippen molar-refractivity contribution in [2.45, 2.75) is 18.6 Å². The molecular weight excluding hydrogens is 466 g/mol. The lowest BCUT2D eigenvalue weighted by Gasteiger charge is -2.36. The number of nitrogens with two attached hydrogens (primary N) is 1. The van der Waals surface area contributed by atoms with Gasteiger partial charge in [-0.1, -0.05) is 91.0 Å². The molecule has 1 atom stereocenters. The van der Waals surface area contributed by atoms with E-state index in [1.807, 2.05) is 54.6 Å². The van der Waals surface area contributed by atoms with Crippen molar-refractivity contribution in [1.29, 1.82) is 0 Å². The molecule has 0 radical (unpaired) electrons. The summed E-state index contributed by atoms with van der Waals surface area (Å²) in [6.45, 7) is 0.741. The van der Waals surface area contributed by atoms with Gasteiger partial charge in [-0.05, 0) is 23.1 Å². The smallest absolute Gasteiger partial charge is 0.280 e. The summed E-state index contributed by atoms with van der Waals surface area (Å²) in [7, 11) is 0. The van der Waals surface area contributed by atoms with E-state index in [1.165, 1.54) is 0 Å². The summed E-state index contributed by atoms with van der Waals surface area (Å²) in [5, 5.41) is 10.2. The van der Waals surface area contributed by atoms with Crippen LogP contribution in [0.3, 0.4) is 0 Å². The highest BCUT2D eigenvalue weighted by molar-refractivity contribution is 5.70. The van der Waals surface area contributed by atoms with Gasteiger partial charge in [0.15, 0.2) is 11.2 Å². The molecule has 0 aliphatic carbocycles. The first-order valence-corrected chi connectivity index (χ1v) is 12.2. The van der Waals surface area contributed by atoms with Crippen molar-refractivity contribution in [1.82, 2.24) is 19.5 Å². The zero-order valence-electron chi connectivity index (χ0n) is 20.3. The molecule has 0 amide bonds. The fourth-order valence-corrected chi connectivity index (χ4v) is 4.77. The van der Waals surface area contributed by atoms with E-state index in [9.17, 15) is 9.90 Å². The quantitative estimate of drug-likeness (QED) is 0.254. The molecule has 0 saturated heterocycles. The monoisotopic (exact) mass is 495 g/mol. The van der Waals surface area contributed by atoms with Gasteiger partial charge in [-0.2, -0.15) is 4.98 Å². The molecule has 0 aliphatic heterocycles. The van der Waals surface area contributed by atoms with Crippen LogP contribution in [0.2, 0.25) is 0 Å². The van der Waals surface area contributed by atoms with E-state index in [0.29, 0.717) is 25.2 Å². The Bertz CT molecular complexity index is 1400. The Labute approximate surface area is 214 Å². The zero-order valence-corrected chi connectivity index (χ0v) is 20.3. The standard InChI is InChI=1S/C29H29N5O3/c30-28-32-26-25(27(36)33-28)31-20-34(26)18-21(19-35)16-17-37-29(22-10-4-1-5-11-22,23-12-6-2-7-13-23)24-14-8-3-9-15-24/h1-15,20-21,35H,16-19H2,(H3,30,32,33,36). The second-order valence-electron chi connectivity index (χ2n) is 8.99. The van der Waals surface area contributed by atoms with Crippen molar-refractivity contribution in [3.8, 4) is 0 Å². The molecule has 3 aromatic carbocycles. The second-order valence-corrected chi connectivity index (χ2v) is 8.99. The van der Waals surface area contributed by atoms with Gasteiger partial charge in [0.05, 0.1) is 6.33 Å². The zero-order chi connectivity index (χ0) is 25.7. The number of benzene rings is 3. The van der Waals surface area contributed by atoms with E-state index in [-0.39, 0.29) is 29.5 Å². The minimum atomic E-state index is -0.825. The lowest BCUT2D eigenvalue weighted by Crippen LogP contribution is -2.34. The minimum Gasteiger partial charge on any atom is -0.396 e. The van der Waals surface area contributed by atoms with Gasteiger partial charge in [-0.25, -0.2) is 4.98 Å². The van der Waals surface area contributed by atoms with Crippen LogP contribution in [0.5, 0.6) is 0 Å². The third-order valence-electron chi connectivity index (χ3n) is 6.59. The summed E-state index contributed by atoms with van der Waals surface area (Å²) in [6.07, 6.45) is 2.13. The molecule has 1 unspecified atom stereocenters. The molecule has 0 saturated carbocycles. The first-order valence-electron chi connectivity index (χ1n) is 12.2. The lowest BCUT2D eigenvalue weighted by molar-refractivity contribution is 0.000993. The van der Waals surface area contributed by atoms with Crippen molar-refractivity contribution in [2.24, 2.45) is 5.92 Å². The number of nitrogens with zero attached hydrogens (tertiary/aromatic N) is 3.